The molecule has 3 rings (SSSR count). The van der Waals surface area contributed by atoms with Crippen molar-refractivity contribution in [3.05, 3.63) is 53.6 Å². The molecule has 1 amide bonds. The van der Waals surface area contributed by atoms with Crippen LogP contribution in [-0.4, -0.2) is 19.1 Å². The molecule has 2 N–H and O–H groups in total. The van der Waals surface area contributed by atoms with Crippen molar-refractivity contribution in [2.45, 2.75) is 19.8 Å². The molecule has 1 aliphatic heterocycles. The minimum absolute atomic E-state index is 0. The van der Waals surface area contributed by atoms with Gasteiger partial charge in [0.2, 0.25) is 5.91 Å². The fourth-order valence-corrected chi connectivity index (χ4v) is 2.57. The Bertz CT molecular complexity index is 688. The zero-order chi connectivity index (χ0) is 15.4. The summed E-state index contributed by atoms with van der Waals surface area (Å²) in [5.74, 6) is 0.773. The van der Waals surface area contributed by atoms with E-state index in [1.807, 2.05) is 49.4 Å². The van der Waals surface area contributed by atoms with Gasteiger partial charge >= 0.3 is 0 Å². The predicted molar refractivity (Wildman–Crippen MR) is 95.8 cm³/mol. The van der Waals surface area contributed by atoms with Crippen LogP contribution in [0.5, 0.6) is 5.75 Å². The Kier molecular flexibility index (Phi) is 5.88. The van der Waals surface area contributed by atoms with Crippen molar-refractivity contribution in [2.75, 3.05) is 23.8 Å². The van der Waals surface area contributed by atoms with E-state index in [4.69, 9.17) is 4.74 Å². The van der Waals surface area contributed by atoms with E-state index in [-0.39, 0.29) is 18.3 Å². The van der Waals surface area contributed by atoms with Crippen molar-refractivity contribution in [1.29, 1.82) is 0 Å². The smallest absolute Gasteiger partial charge is 0.227 e. The molecule has 0 fully saturated rings. The SMILES string of the molecule is Cc1cccc(OCCC(=O)Nc2ccc3c(c2)CCN3)c1.Cl. The molecular formula is C18H21ClN2O2. The number of fused-ring (bicyclic) bond motifs is 1. The highest BCUT2D eigenvalue weighted by Crippen LogP contribution is 2.25. The molecule has 1 heterocycles. The van der Waals surface area contributed by atoms with Gasteiger partial charge in [0.1, 0.15) is 5.75 Å². The van der Waals surface area contributed by atoms with Gasteiger partial charge in [0, 0.05) is 17.9 Å². The van der Waals surface area contributed by atoms with Crippen LogP contribution in [0.3, 0.4) is 0 Å². The Labute approximate surface area is 142 Å². The molecular weight excluding hydrogens is 312 g/mol. The number of aryl methyl sites for hydroxylation is 1. The maximum atomic E-state index is 12.0. The number of hydrogen-bond donors (Lipinski definition) is 2. The summed E-state index contributed by atoms with van der Waals surface area (Å²) < 4.78 is 5.60. The van der Waals surface area contributed by atoms with Crippen molar-refractivity contribution in [3.8, 4) is 5.75 Å². The second-order valence-corrected chi connectivity index (χ2v) is 5.51. The highest BCUT2D eigenvalue weighted by Gasteiger charge is 2.11. The van der Waals surface area contributed by atoms with Gasteiger partial charge in [0.25, 0.3) is 0 Å². The molecule has 4 nitrogen and oxygen atoms in total. The van der Waals surface area contributed by atoms with Crippen LogP contribution in [0, 0.1) is 6.92 Å². The zero-order valence-corrected chi connectivity index (χ0v) is 13.9. The summed E-state index contributed by atoms with van der Waals surface area (Å²) in [5.41, 5.74) is 4.42. The quantitative estimate of drug-likeness (QED) is 0.875. The lowest BCUT2D eigenvalue weighted by Crippen LogP contribution is -2.15. The number of ether oxygens (including phenoxy) is 1. The first-order valence-electron chi connectivity index (χ1n) is 7.57. The molecule has 1 aliphatic rings. The number of benzene rings is 2. The summed E-state index contributed by atoms with van der Waals surface area (Å²) in [6, 6.07) is 13.8. The minimum Gasteiger partial charge on any atom is -0.493 e. The van der Waals surface area contributed by atoms with Gasteiger partial charge in [-0.25, -0.2) is 0 Å². The van der Waals surface area contributed by atoms with E-state index in [2.05, 4.69) is 10.6 Å². The van der Waals surface area contributed by atoms with Crippen LogP contribution in [-0.2, 0) is 11.2 Å². The van der Waals surface area contributed by atoms with Gasteiger partial charge in [-0.15, -0.1) is 12.4 Å². The number of rotatable bonds is 5. The van der Waals surface area contributed by atoms with E-state index in [0.717, 1.165) is 30.0 Å². The molecule has 2 aromatic rings. The molecule has 23 heavy (non-hydrogen) atoms. The van der Waals surface area contributed by atoms with E-state index in [9.17, 15) is 4.79 Å². The van der Waals surface area contributed by atoms with Crippen LogP contribution in [0.1, 0.15) is 17.5 Å². The molecule has 5 heteroatoms. The Morgan fingerprint density at radius 3 is 2.96 bits per heavy atom. The number of nitrogens with one attached hydrogen (secondary N) is 2. The summed E-state index contributed by atoms with van der Waals surface area (Å²) in [7, 11) is 0. The van der Waals surface area contributed by atoms with Crippen molar-refractivity contribution < 1.29 is 9.53 Å². The molecule has 0 saturated heterocycles. The lowest BCUT2D eigenvalue weighted by Gasteiger charge is -2.09. The number of halogens is 1. The van der Waals surface area contributed by atoms with E-state index in [1.54, 1.807) is 0 Å². The van der Waals surface area contributed by atoms with Crippen LogP contribution in [0.2, 0.25) is 0 Å². The standard InChI is InChI=1S/C18H20N2O2.ClH/c1-13-3-2-4-16(11-13)22-10-8-18(21)20-15-5-6-17-14(12-15)7-9-19-17;/h2-6,11-12,19H,7-10H2,1H3,(H,20,21);1H. The van der Waals surface area contributed by atoms with Crippen LogP contribution in [0.25, 0.3) is 0 Å². The zero-order valence-electron chi connectivity index (χ0n) is 13.1. The molecule has 122 valence electrons. The minimum atomic E-state index is -0.0291. The van der Waals surface area contributed by atoms with Gasteiger partial charge < -0.3 is 15.4 Å². The third kappa shape index (κ3) is 4.63. The summed E-state index contributed by atoms with van der Waals surface area (Å²) >= 11 is 0. The predicted octanol–water partition coefficient (Wildman–Crippen LogP) is 3.79. The molecule has 0 spiro atoms. The number of anilines is 2. The van der Waals surface area contributed by atoms with Crippen LogP contribution in [0.4, 0.5) is 11.4 Å². The highest BCUT2D eigenvalue weighted by atomic mass is 35.5. The largest absolute Gasteiger partial charge is 0.493 e. The van der Waals surface area contributed by atoms with Crippen LogP contribution in [0.15, 0.2) is 42.5 Å². The fourth-order valence-electron chi connectivity index (χ4n) is 2.57. The monoisotopic (exact) mass is 332 g/mol. The van der Waals surface area contributed by atoms with Gasteiger partial charge in [0.15, 0.2) is 0 Å². The van der Waals surface area contributed by atoms with E-state index < -0.39 is 0 Å². The maximum absolute atomic E-state index is 12.0. The van der Waals surface area contributed by atoms with E-state index in [1.165, 1.54) is 11.3 Å². The van der Waals surface area contributed by atoms with Gasteiger partial charge in [-0.1, -0.05) is 12.1 Å². The first kappa shape index (κ1) is 17.2. The van der Waals surface area contributed by atoms with Crippen LogP contribution < -0.4 is 15.4 Å². The topological polar surface area (TPSA) is 50.4 Å². The average Bonchev–Trinajstić information content (AvgIpc) is 2.95. The van der Waals surface area contributed by atoms with Crippen molar-refractivity contribution in [2.24, 2.45) is 0 Å². The first-order chi connectivity index (χ1) is 10.7. The lowest BCUT2D eigenvalue weighted by molar-refractivity contribution is -0.116. The molecule has 2 aromatic carbocycles. The molecule has 0 bridgehead atoms. The summed E-state index contributed by atoms with van der Waals surface area (Å²) in [6.07, 6.45) is 1.35. The van der Waals surface area contributed by atoms with Crippen molar-refractivity contribution >= 4 is 29.7 Å². The lowest BCUT2D eigenvalue weighted by atomic mass is 10.1. The third-order valence-corrected chi connectivity index (χ3v) is 3.69. The van der Waals surface area contributed by atoms with Gasteiger partial charge in [0.05, 0.1) is 13.0 Å². The summed E-state index contributed by atoms with van der Waals surface area (Å²) in [4.78, 5) is 12.0. The first-order valence-corrected chi connectivity index (χ1v) is 7.57. The summed E-state index contributed by atoms with van der Waals surface area (Å²) in [6.45, 7) is 3.36. The van der Waals surface area contributed by atoms with Crippen LogP contribution >= 0.6 is 12.4 Å². The van der Waals surface area contributed by atoms with Gasteiger partial charge in [-0.3, -0.25) is 4.79 Å². The molecule has 0 aliphatic carbocycles. The fraction of sp³-hybridized carbons (Fsp3) is 0.278. The molecule has 0 radical (unpaired) electrons. The second-order valence-electron chi connectivity index (χ2n) is 5.51. The van der Waals surface area contributed by atoms with Gasteiger partial charge in [-0.2, -0.15) is 0 Å². The Morgan fingerprint density at radius 1 is 1.26 bits per heavy atom. The van der Waals surface area contributed by atoms with E-state index >= 15 is 0 Å². The van der Waals surface area contributed by atoms with E-state index in [0.29, 0.717) is 13.0 Å². The molecule has 0 atom stereocenters. The molecule has 0 unspecified atom stereocenters. The Morgan fingerprint density at radius 2 is 2.13 bits per heavy atom. The molecule has 0 saturated carbocycles. The Hall–Kier alpha value is -2.20. The second kappa shape index (κ2) is 7.88. The van der Waals surface area contributed by atoms with Crippen molar-refractivity contribution in [3.63, 3.8) is 0 Å². The Balaban J connectivity index is 0.00000192. The van der Waals surface area contributed by atoms with Crippen molar-refractivity contribution in [1.82, 2.24) is 0 Å². The maximum Gasteiger partial charge on any atom is 0.227 e. The molecule has 0 aromatic heterocycles. The summed E-state index contributed by atoms with van der Waals surface area (Å²) in [5, 5.41) is 6.23. The number of carbonyl (C=O) groups is 1. The number of hydrogen-bond acceptors (Lipinski definition) is 3. The number of amides is 1. The highest BCUT2D eigenvalue weighted by molar-refractivity contribution is 5.91. The number of carbonyl (C=O) groups excluding carboxylic acids is 1. The normalized spacial score (nSPS) is 11.9. The van der Waals surface area contributed by atoms with Gasteiger partial charge in [-0.05, 0) is 54.8 Å². The average molecular weight is 333 g/mol. The third-order valence-electron chi connectivity index (χ3n) is 3.69.